The second kappa shape index (κ2) is 3.02. The molecular formula is C9H8N2O3. The van der Waals surface area contributed by atoms with E-state index < -0.39 is 11.1 Å². The van der Waals surface area contributed by atoms with E-state index in [-0.39, 0.29) is 0 Å². The van der Waals surface area contributed by atoms with Crippen molar-refractivity contribution in [3.63, 3.8) is 0 Å². The van der Waals surface area contributed by atoms with E-state index in [4.69, 9.17) is 4.74 Å². The summed E-state index contributed by atoms with van der Waals surface area (Å²) in [6.07, 6.45) is 0. The zero-order valence-corrected chi connectivity index (χ0v) is 7.46. The molecule has 0 saturated carbocycles. The van der Waals surface area contributed by atoms with Crippen molar-refractivity contribution in [2.24, 2.45) is 0 Å². The molecule has 0 aliphatic carbocycles. The highest BCUT2D eigenvalue weighted by Gasteiger charge is 2.03. The van der Waals surface area contributed by atoms with Gasteiger partial charge in [-0.15, -0.1) is 0 Å². The summed E-state index contributed by atoms with van der Waals surface area (Å²) >= 11 is 0. The fraction of sp³-hybridized carbons (Fsp3) is 0.111. The van der Waals surface area contributed by atoms with Gasteiger partial charge in [0.05, 0.1) is 12.6 Å². The summed E-state index contributed by atoms with van der Waals surface area (Å²) < 4.78 is 5.03. The number of para-hydroxylation sites is 1. The van der Waals surface area contributed by atoms with Gasteiger partial charge in [0.2, 0.25) is 0 Å². The van der Waals surface area contributed by atoms with E-state index in [0.29, 0.717) is 16.8 Å². The third kappa shape index (κ3) is 1.19. The summed E-state index contributed by atoms with van der Waals surface area (Å²) in [7, 11) is 1.50. The standard InChI is InChI=1S/C9H8N2O3/c1-14-6-4-2-3-5-7(6)11-9(13)8(12)10-5/h2-4H,1H3,(H,10,12)(H,11,13). The molecule has 2 N–H and O–H groups in total. The Hall–Kier alpha value is -2.04. The van der Waals surface area contributed by atoms with E-state index >= 15 is 0 Å². The lowest BCUT2D eigenvalue weighted by atomic mass is 10.3. The molecule has 0 unspecified atom stereocenters. The number of hydrogen-bond donors (Lipinski definition) is 2. The highest BCUT2D eigenvalue weighted by atomic mass is 16.5. The number of rotatable bonds is 1. The molecule has 0 radical (unpaired) electrons. The summed E-state index contributed by atoms with van der Waals surface area (Å²) in [5.41, 5.74) is -0.290. The Balaban J connectivity index is 2.95. The molecular weight excluding hydrogens is 184 g/mol. The number of methoxy groups -OCH3 is 1. The number of ether oxygens (including phenoxy) is 1. The monoisotopic (exact) mass is 192 g/mol. The zero-order chi connectivity index (χ0) is 10.1. The van der Waals surface area contributed by atoms with Gasteiger partial charge in [0.25, 0.3) is 0 Å². The number of benzene rings is 1. The van der Waals surface area contributed by atoms with Crippen LogP contribution in [-0.4, -0.2) is 17.1 Å². The van der Waals surface area contributed by atoms with E-state index in [1.54, 1.807) is 18.2 Å². The lowest BCUT2D eigenvalue weighted by Crippen LogP contribution is -2.28. The second-order valence-electron chi connectivity index (χ2n) is 2.79. The summed E-state index contributed by atoms with van der Waals surface area (Å²) in [6, 6.07) is 5.13. The first-order valence-corrected chi connectivity index (χ1v) is 4.01. The molecule has 0 fully saturated rings. The van der Waals surface area contributed by atoms with Gasteiger partial charge in [-0.05, 0) is 12.1 Å². The molecule has 0 aliphatic rings. The average molecular weight is 192 g/mol. The van der Waals surface area contributed by atoms with Crippen molar-refractivity contribution in [2.45, 2.75) is 0 Å². The zero-order valence-electron chi connectivity index (χ0n) is 7.46. The molecule has 0 spiro atoms. The number of H-pyrrole nitrogens is 2. The van der Waals surface area contributed by atoms with Crippen LogP contribution in [0.25, 0.3) is 11.0 Å². The highest BCUT2D eigenvalue weighted by molar-refractivity contribution is 5.80. The number of fused-ring (bicyclic) bond motifs is 1. The van der Waals surface area contributed by atoms with Crippen molar-refractivity contribution in [1.29, 1.82) is 0 Å². The van der Waals surface area contributed by atoms with Gasteiger partial charge in [-0.1, -0.05) is 6.07 Å². The molecule has 1 aromatic carbocycles. The number of nitrogens with one attached hydrogen (secondary N) is 2. The minimum absolute atomic E-state index is 0.500. The molecule has 0 aliphatic heterocycles. The van der Waals surface area contributed by atoms with Gasteiger partial charge in [-0.3, -0.25) is 9.59 Å². The van der Waals surface area contributed by atoms with Crippen molar-refractivity contribution >= 4 is 11.0 Å². The largest absolute Gasteiger partial charge is 0.494 e. The van der Waals surface area contributed by atoms with Crippen LogP contribution in [0.15, 0.2) is 27.8 Å². The molecule has 0 atom stereocenters. The van der Waals surface area contributed by atoms with Crippen molar-refractivity contribution in [3.05, 3.63) is 38.9 Å². The maximum atomic E-state index is 11.0. The van der Waals surface area contributed by atoms with Crippen LogP contribution in [0.5, 0.6) is 5.75 Å². The Labute approximate surface area is 78.4 Å². The fourth-order valence-electron chi connectivity index (χ4n) is 1.28. The van der Waals surface area contributed by atoms with Crippen LogP contribution in [-0.2, 0) is 0 Å². The van der Waals surface area contributed by atoms with Crippen LogP contribution < -0.4 is 15.9 Å². The minimum atomic E-state index is -0.679. The predicted molar refractivity (Wildman–Crippen MR) is 51.7 cm³/mol. The lowest BCUT2D eigenvalue weighted by Gasteiger charge is -2.03. The van der Waals surface area contributed by atoms with Crippen LogP contribution in [0.1, 0.15) is 0 Å². The quantitative estimate of drug-likeness (QED) is 0.635. The normalized spacial score (nSPS) is 10.4. The van der Waals surface area contributed by atoms with Gasteiger partial charge in [0.1, 0.15) is 11.3 Å². The van der Waals surface area contributed by atoms with Crippen LogP contribution in [0.4, 0.5) is 0 Å². The van der Waals surface area contributed by atoms with Gasteiger partial charge in [0, 0.05) is 0 Å². The van der Waals surface area contributed by atoms with Crippen LogP contribution in [0.2, 0.25) is 0 Å². The van der Waals surface area contributed by atoms with E-state index in [0.717, 1.165) is 0 Å². The smallest absolute Gasteiger partial charge is 0.314 e. The van der Waals surface area contributed by atoms with Crippen molar-refractivity contribution in [1.82, 2.24) is 9.97 Å². The summed E-state index contributed by atoms with van der Waals surface area (Å²) in [6.45, 7) is 0. The summed E-state index contributed by atoms with van der Waals surface area (Å²) in [4.78, 5) is 26.9. The van der Waals surface area contributed by atoms with Crippen LogP contribution in [0.3, 0.4) is 0 Å². The second-order valence-corrected chi connectivity index (χ2v) is 2.79. The van der Waals surface area contributed by atoms with Crippen molar-refractivity contribution in [3.8, 4) is 5.75 Å². The third-order valence-electron chi connectivity index (χ3n) is 1.94. The molecule has 1 heterocycles. The molecule has 72 valence electrons. The third-order valence-corrected chi connectivity index (χ3v) is 1.94. The molecule has 0 bridgehead atoms. The van der Waals surface area contributed by atoms with Gasteiger partial charge in [-0.2, -0.15) is 0 Å². The fourth-order valence-corrected chi connectivity index (χ4v) is 1.28. The van der Waals surface area contributed by atoms with Crippen molar-refractivity contribution < 1.29 is 4.74 Å². The van der Waals surface area contributed by atoms with E-state index in [9.17, 15) is 9.59 Å². The maximum Gasteiger partial charge on any atom is 0.314 e. The van der Waals surface area contributed by atoms with Crippen molar-refractivity contribution in [2.75, 3.05) is 7.11 Å². The summed E-state index contributed by atoms with van der Waals surface area (Å²) in [5, 5.41) is 0. The Bertz CT molecular complexity index is 582. The first kappa shape index (κ1) is 8.55. The van der Waals surface area contributed by atoms with Gasteiger partial charge >= 0.3 is 11.1 Å². The Morgan fingerprint density at radius 2 is 1.86 bits per heavy atom. The van der Waals surface area contributed by atoms with Gasteiger partial charge in [-0.25, -0.2) is 0 Å². The van der Waals surface area contributed by atoms with E-state index in [2.05, 4.69) is 9.97 Å². The van der Waals surface area contributed by atoms with E-state index in [1.807, 2.05) is 0 Å². The minimum Gasteiger partial charge on any atom is -0.494 e. The molecule has 5 nitrogen and oxygen atoms in total. The first-order valence-electron chi connectivity index (χ1n) is 4.01. The maximum absolute atomic E-state index is 11.0. The predicted octanol–water partition coefficient (Wildman–Crippen LogP) is 0.225. The van der Waals surface area contributed by atoms with Gasteiger partial charge in [0.15, 0.2) is 0 Å². The SMILES string of the molecule is COc1cccc2[nH]c(=O)c(=O)[nH]c12. The number of hydrogen-bond acceptors (Lipinski definition) is 3. The number of aromatic amines is 2. The number of aromatic nitrogens is 2. The summed E-state index contributed by atoms with van der Waals surface area (Å²) in [5.74, 6) is 0.524. The van der Waals surface area contributed by atoms with E-state index in [1.165, 1.54) is 7.11 Å². The molecule has 2 rings (SSSR count). The average Bonchev–Trinajstić information content (AvgIpc) is 2.19. The Morgan fingerprint density at radius 1 is 1.14 bits per heavy atom. The lowest BCUT2D eigenvalue weighted by molar-refractivity contribution is 0.418. The molecule has 0 saturated heterocycles. The first-order chi connectivity index (χ1) is 6.72. The van der Waals surface area contributed by atoms with Gasteiger partial charge < -0.3 is 14.7 Å². The van der Waals surface area contributed by atoms with Crippen LogP contribution in [0, 0.1) is 0 Å². The Morgan fingerprint density at radius 3 is 2.57 bits per heavy atom. The molecule has 2 aromatic rings. The van der Waals surface area contributed by atoms with Crippen LogP contribution >= 0.6 is 0 Å². The molecule has 14 heavy (non-hydrogen) atoms. The molecule has 5 heteroatoms. The topological polar surface area (TPSA) is 75.0 Å². The molecule has 0 amide bonds. The molecule has 1 aromatic heterocycles. The highest BCUT2D eigenvalue weighted by Crippen LogP contribution is 2.18. The Kier molecular flexibility index (Phi) is 1.85.